The lowest BCUT2D eigenvalue weighted by molar-refractivity contribution is -0.884. The fourth-order valence-electron chi connectivity index (χ4n) is 2.02. The molecule has 2 rings (SSSR count). The van der Waals surface area contributed by atoms with E-state index in [1.54, 1.807) is 0 Å². The van der Waals surface area contributed by atoms with Gasteiger partial charge < -0.3 is 4.90 Å². The molecule has 4 nitrogen and oxygen atoms in total. The van der Waals surface area contributed by atoms with Crippen molar-refractivity contribution in [2.75, 3.05) is 33.2 Å². The average Bonchev–Trinajstić information content (AvgIpc) is 2.40. The van der Waals surface area contributed by atoms with Crippen LogP contribution in [0.15, 0.2) is 29.2 Å². The van der Waals surface area contributed by atoms with Gasteiger partial charge in [0.05, 0.1) is 33.2 Å². The minimum atomic E-state index is -4.31. The molecule has 0 aliphatic carbocycles. The third-order valence-corrected chi connectivity index (χ3v) is 3.97. The first-order valence-corrected chi connectivity index (χ1v) is 7.38. The summed E-state index contributed by atoms with van der Waals surface area (Å²) in [7, 11) is 2.09. The molecule has 0 unspecified atom stereocenters. The Balaban J connectivity index is 1.91. The van der Waals surface area contributed by atoms with Gasteiger partial charge in [-0.15, -0.1) is 0 Å². The van der Waals surface area contributed by atoms with Gasteiger partial charge in [0.1, 0.15) is 0 Å². The molecule has 116 valence electrons. The largest absolute Gasteiger partial charge is 0.446 e. The summed E-state index contributed by atoms with van der Waals surface area (Å²) < 4.78 is 36.6. The van der Waals surface area contributed by atoms with E-state index in [-0.39, 0.29) is 22.6 Å². The number of amides is 1. The summed E-state index contributed by atoms with van der Waals surface area (Å²) in [6.45, 7) is 3.42. The molecule has 1 amide bonds. The van der Waals surface area contributed by atoms with Crippen LogP contribution in [0.3, 0.4) is 0 Å². The predicted octanol–water partition coefficient (Wildman–Crippen LogP) is 0.774. The molecule has 2 N–H and O–H groups in total. The number of carbonyl (C=O) groups excluding carboxylic acids is 1. The number of likely N-dealkylation sites (N-methyl/N-ethyl adjacent to an activating group) is 1. The Hall–Kier alpha value is -1.25. The number of hydrogen-bond donors (Lipinski definition) is 2. The quantitative estimate of drug-likeness (QED) is 0.808. The highest BCUT2D eigenvalue weighted by Crippen LogP contribution is 2.36. The standard InChI is InChI=1S/C13H16F3N3OS/c1-18-6-8-19(9-7-18)17-12(20)10-2-4-11(5-3-10)21-13(14,15)16/h2-5H,6-9H2,1H3,(H,17,20)/p+1. The van der Waals surface area contributed by atoms with Crippen LogP contribution in [0.1, 0.15) is 10.4 Å². The van der Waals surface area contributed by atoms with Crippen LogP contribution in [0.5, 0.6) is 0 Å². The van der Waals surface area contributed by atoms with Gasteiger partial charge in [-0.3, -0.25) is 10.2 Å². The summed E-state index contributed by atoms with van der Waals surface area (Å²) in [5.74, 6) is -0.293. The maximum atomic E-state index is 12.2. The summed E-state index contributed by atoms with van der Waals surface area (Å²) in [5, 5.41) is 1.84. The highest BCUT2D eigenvalue weighted by atomic mass is 32.2. The third kappa shape index (κ3) is 5.22. The van der Waals surface area contributed by atoms with Crippen LogP contribution in [-0.2, 0) is 0 Å². The van der Waals surface area contributed by atoms with Crippen molar-refractivity contribution >= 4 is 17.7 Å². The van der Waals surface area contributed by atoms with E-state index >= 15 is 0 Å². The van der Waals surface area contributed by atoms with Crippen LogP contribution in [0.4, 0.5) is 13.2 Å². The summed E-state index contributed by atoms with van der Waals surface area (Å²) in [6, 6.07) is 5.43. The van der Waals surface area contributed by atoms with Gasteiger partial charge in [0.25, 0.3) is 5.91 Å². The molecule has 1 aliphatic heterocycles. The van der Waals surface area contributed by atoms with Gasteiger partial charge in [-0.05, 0) is 36.0 Å². The fraction of sp³-hybridized carbons (Fsp3) is 0.462. The van der Waals surface area contributed by atoms with E-state index in [0.29, 0.717) is 5.56 Å². The predicted molar refractivity (Wildman–Crippen MR) is 74.0 cm³/mol. The maximum Gasteiger partial charge on any atom is 0.446 e. The van der Waals surface area contributed by atoms with Crippen LogP contribution >= 0.6 is 11.8 Å². The van der Waals surface area contributed by atoms with Gasteiger partial charge >= 0.3 is 5.51 Å². The van der Waals surface area contributed by atoms with Crippen molar-refractivity contribution in [2.24, 2.45) is 0 Å². The first kappa shape index (κ1) is 16.1. The van der Waals surface area contributed by atoms with Gasteiger partial charge in [0, 0.05) is 10.5 Å². The molecule has 1 aliphatic rings. The Bertz CT molecular complexity index is 484. The van der Waals surface area contributed by atoms with Crippen molar-refractivity contribution in [3.63, 3.8) is 0 Å². The van der Waals surface area contributed by atoms with E-state index in [0.717, 1.165) is 26.2 Å². The monoisotopic (exact) mass is 320 g/mol. The van der Waals surface area contributed by atoms with E-state index in [4.69, 9.17) is 0 Å². The molecule has 0 bridgehead atoms. The lowest BCUT2D eigenvalue weighted by Crippen LogP contribution is -3.12. The Morgan fingerprint density at radius 3 is 2.33 bits per heavy atom. The van der Waals surface area contributed by atoms with Gasteiger partial charge in [-0.2, -0.15) is 13.2 Å². The highest BCUT2D eigenvalue weighted by Gasteiger charge is 2.29. The highest BCUT2D eigenvalue weighted by molar-refractivity contribution is 8.00. The summed E-state index contributed by atoms with van der Waals surface area (Å²) >= 11 is -0.188. The Morgan fingerprint density at radius 2 is 1.81 bits per heavy atom. The Labute approximate surface area is 125 Å². The Kier molecular flexibility index (Phi) is 5.13. The topological polar surface area (TPSA) is 36.8 Å². The fourth-order valence-corrected chi connectivity index (χ4v) is 2.56. The van der Waals surface area contributed by atoms with Crippen LogP contribution < -0.4 is 10.3 Å². The number of benzene rings is 1. The number of carbonyl (C=O) groups is 1. The normalized spacial score (nSPS) is 17.7. The number of thioether (sulfide) groups is 1. The minimum Gasteiger partial charge on any atom is -0.335 e. The molecule has 8 heteroatoms. The number of quaternary nitrogens is 1. The molecule has 0 saturated carbocycles. The van der Waals surface area contributed by atoms with Crippen molar-refractivity contribution in [1.29, 1.82) is 0 Å². The molecule has 1 heterocycles. The van der Waals surface area contributed by atoms with Crippen LogP contribution in [0.2, 0.25) is 0 Å². The number of nitrogens with one attached hydrogen (secondary N) is 2. The lowest BCUT2D eigenvalue weighted by atomic mass is 10.2. The number of rotatable bonds is 3. The number of halogens is 3. The molecule has 1 aromatic rings. The smallest absolute Gasteiger partial charge is 0.335 e. The number of nitrogens with zero attached hydrogens (tertiary/aromatic N) is 1. The van der Waals surface area contributed by atoms with E-state index in [2.05, 4.69) is 12.5 Å². The molecular formula is C13H17F3N3OS+. The maximum absolute atomic E-state index is 12.2. The zero-order valence-corrected chi connectivity index (χ0v) is 12.4. The van der Waals surface area contributed by atoms with Gasteiger partial charge in [-0.25, -0.2) is 5.01 Å². The molecule has 1 aromatic carbocycles. The van der Waals surface area contributed by atoms with Gasteiger partial charge in [-0.1, -0.05) is 0 Å². The first-order valence-electron chi connectivity index (χ1n) is 6.56. The Morgan fingerprint density at radius 1 is 1.24 bits per heavy atom. The van der Waals surface area contributed by atoms with Crippen molar-refractivity contribution in [2.45, 2.75) is 10.4 Å². The summed E-state index contributed by atoms with van der Waals surface area (Å²) in [6.07, 6.45) is 0. The van der Waals surface area contributed by atoms with Crippen LogP contribution in [-0.4, -0.2) is 49.7 Å². The van der Waals surface area contributed by atoms with E-state index in [1.165, 1.54) is 29.2 Å². The molecule has 0 radical (unpaired) electrons. The summed E-state index contributed by atoms with van der Waals surface area (Å²) in [4.78, 5) is 13.5. The summed E-state index contributed by atoms with van der Waals surface area (Å²) in [5.41, 5.74) is -1.18. The van der Waals surface area contributed by atoms with Crippen molar-refractivity contribution in [3.05, 3.63) is 29.8 Å². The molecule has 0 spiro atoms. The van der Waals surface area contributed by atoms with Crippen LogP contribution in [0.25, 0.3) is 0 Å². The molecule has 1 saturated heterocycles. The molecule has 0 atom stereocenters. The van der Waals surface area contributed by atoms with E-state index in [9.17, 15) is 18.0 Å². The van der Waals surface area contributed by atoms with Crippen molar-refractivity contribution < 1.29 is 22.9 Å². The van der Waals surface area contributed by atoms with E-state index in [1.807, 2.05) is 5.01 Å². The molecule has 1 fully saturated rings. The number of piperazine rings is 1. The second-order valence-corrected chi connectivity index (χ2v) is 6.10. The number of alkyl halides is 3. The zero-order valence-electron chi connectivity index (χ0n) is 11.5. The molecule has 21 heavy (non-hydrogen) atoms. The van der Waals surface area contributed by atoms with Gasteiger partial charge in [0.15, 0.2) is 0 Å². The van der Waals surface area contributed by atoms with Crippen molar-refractivity contribution in [1.82, 2.24) is 10.4 Å². The first-order chi connectivity index (χ1) is 9.83. The molecular weight excluding hydrogens is 303 g/mol. The van der Waals surface area contributed by atoms with Gasteiger partial charge in [0.2, 0.25) is 0 Å². The average molecular weight is 320 g/mol. The lowest BCUT2D eigenvalue weighted by Gasteiger charge is -2.30. The SMILES string of the molecule is C[NH+]1CCN(NC(=O)c2ccc(SC(F)(F)F)cc2)CC1. The number of hydrazine groups is 1. The minimum absolute atomic E-state index is 0.0715. The number of hydrogen-bond acceptors (Lipinski definition) is 3. The van der Waals surface area contributed by atoms with E-state index < -0.39 is 5.51 Å². The molecule has 0 aromatic heterocycles. The van der Waals surface area contributed by atoms with Crippen molar-refractivity contribution in [3.8, 4) is 0 Å². The third-order valence-electron chi connectivity index (χ3n) is 3.23. The second kappa shape index (κ2) is 6.67. The van der Waals surface area contributed by atoms with Crippen LogP contribution in [0, 0.1) is 0 Å². The zero-order chi connectivity index (χ0) is 15.5. The second-order valence-electron chi connectivity index (χ2n) is 4.96.